The minimum Gasteiger partial charge on any atom is -0.356 e. The molecule has 0 bridgehead atoms. The lowest BCUT2D eigenvalue weighted by atomic mass is 10.1. The number of nitrogens with zero attached hydrogens (tertiary/aromatic N) is 5. The number of rotatable bonds is 6. The lowest BCUT2D eigenvalue weighted by Gasteiger charge is -2.28. The van der Waals surface area contributed by atoms with Crippen molar-refractivity contribution in [3.05, 3.63) is 35.5 Å². The predicted molar refractivity (Wildman–Crippen MR) is 111 cm³/mol. The van der Waals surface area contributed by atoms with E-state index in [9.17, 15) is 4.79 Å². The number of anilines is 2. The molecule has 1 amide bonds. The van der Waals surface area contributed by atoms with E-state index in [2.05, 4.69) is 34.2 Å². The van der Waals surface area contributed by atoms with Crippen molar-refractivity contribution < 1.29 is 4.79 Å². The van der Waals surface area contributed by atoms with Gasteiger partial charge in [0.15, 0.2) is 0 Å². The van der Waals surface area contributed by atoms with Crippen molar-refractivity contribution in [2.45, 2.75) is 26.2 Å². The second kappa shape index (κ2) is 8.47. The lowest BCUT2D eigenvalue weighted by molar-refractivity contribution is 0.0955. The Hall–Kier alpha value is -2.81. The number of aromatic nitrogens is 4. The Balaban J connectivity index is 1.31. The number of amides is 1. The number of aryl methyl sites for hydroxylation is 1. The monoisotopic (exact) mass is 397 g/mol. The molecule has 0 saturated carbocycles. The molecule has 1 saturated heterocycles. The normalized spacial score (nSPS) is 14.2. The molecule has 4 rings (SSSR count). The summed E-state index contributed by atoms with van der Waals surface area (Å²) in [6.45, 7) is 5.10. The first kappa shape index (κ1) is 18.5. The Morgan fingerprint density at radius 3 is 2.75 bits per heavy atom. The number of hydrogen-bond acceptors (Lipinski definition) is 8. The zero-order chi connectivity index (χ0) is 19.3. The van der Waals surface area contributed by atoms with Crippen molar-refractivity contribution in [2.75, 3.05) is 36.4 Å². The van der Waals surface area contributed by atoms with E-state index in [1.807, 2.05) is 19.1 Å². The van der Waals surface area contributed by atoms with Crippen LogP contribution >= 0.6 is 11.7 Å². The molecule has 0 radical (unpaired) electrons. The van der Waals surface area contributed by atoms with Crippen molar-refractivity contribution >= 4 is 40.4 Å². The minimum absolute atomic E-state index is 0.129. The summed E-state index contributed by atoms with van der Waals surface area (Å²) in [5, 5.41) is 6.12. The Labute approximate surface area is 167 Å². The Kier molecular flexibility index (Phi) is 5.61. The van der Waals surface area contributed by atoms with Crippen molar-refractivity contribution in [1.29, 1.82) is 0 Å². The van der Waals surface area contributed by atoms with Gasteiger partial charge in [-0.05, 0) is 44.4 Å². The Morgan fingerprint density at radius 1 is 1.07 bits per heavy atom. The smallest absolute Gasteiger partial charge is 0.251 e. The third-order valence-electron chi connectivity index (χ3n) is 4.73. The van der Waals surface area contributed by atoms with E-state index < -0.39 is 0 Å². The SMILES string of the molecule is Cc1cc(N2CCCCC2)nc(NCCNC(=O)c2ccc3nsnc3c2)n1. The van der Waals surface area contributed by atoms with Gasteiger partial charge in [-0.3, -0.25) is 4.79 Å². The van der Waals surface area contributed by atoms with Crippen molar-refractivity contribution in [1.82, 2.24) is 24.0 Å². The fourth-order valence-corrected chi connectivity index (χ4v) is 3.81. The summed E-state index contributed by atoms with van der Waals surface area (Å²) in [5.41, 5.74) is 3.07. The van der Waals surface area contributed by atoms with Crippen LogP contribution in [0.3, 0.4) is 0 Å². The molecular weight excluding hydrogens is 374 g/mol. The van der Waals surface area contributed by atoms with Crippen LogP contribution in [-0.4, -0.2) is 50.8 Å². The van der Waals surface area contributed by atoms with Crippen molar-refractivity contribution in [3.63, 3.8) is 0 Å². The Morgan fingerprint density at radius 2 is 1.89 bits per heavy atom. The van der Waals surface area contributed by atoms with Crippen LogP contribution in [-0.2, 0) is 0 Å². The maximum Gasteiger partial charge on any atom is 0.251 e. The molecule has 0 unspecified atom stereocenters. The van der Waals surface area contributed by atoms with Gasteiger partial charge in [-0.15, -0.1) is 0 Å². The molecule has 3 heterocycles. The molecule has 0 atom stereocenters. The lowest BCUT2D eigenvalue weighted by Crippen LogP contribution is -2.31. The number of benzene rings is 1. The van der Waals surface area contributed by atoms with Gasteiger partial charge in [0.25, 0.3) is 5.91 Å². The molecule has 1 fully saturated rings. The van der Waals surface area contributed by atoms with E-state index in [0.29, 0.717) is 24.6 Å². The summed E-state index contributed by atoms with van der Waals surface area (Å²) in [5.74, 6) is 1.45. The maximum atomic E-state index is 12.3. The Bertz CT molecular complexity index is 968. The second-order valence-corrected chi connectivity index (χ2v) is 7.42. The summed E-state index contributed by atoms with van der Waals surface area (Å²) < 4.78 is 8.32. The average molecular weight is 398 g/mol. The molecule has 0 aliphatic carbocycles. The minimum atomic E-state index is -0.129. The third kappa shape index (κ3) is 4.36. The highest BCUT2D eigenvalue weighted by Gasteiger charge is 2.14. The molecule has 8 nitrogen and oxygen atoms in total. The molecule has 9 heteroatoms. The molecule has 1 aliphatic heterocycles. The van der Waals surface area contributed by atoms with Crippen LogP contribution in [0.5, 0.6) is 0 Å². The standard InChI is InChI=1S/C19H23N7OS/c1-13-11-17(26-9-3-2-4-10-26)23-19(22-13)21-8-7-20-18(27)14-5-6-15-16(12-14)25-28-24-15/h5-6,11-12H,2-4,7-10H2,1H3,(H,20,27)(H,21,22,23). The molecule has 28 heavy (non-hydrogen) atoms. The van der Waals surface area contributed by atoms with Gasteiger partial charge in [-0.1, -0.05) is 0 Å². The number of fused-ring (bicyclic) bond motifs is 1. The van der Waals surface area contributed by atoms with E-state index in [4.69, 9.17) is 0 Å². The van der Waals surface area contributed by atoms with Crippen LogP contribution in [0.15, 0.2) is 24.3 Å². The second-order valence-electron chi connectivity index (χ2n) is 6.89. The van der Waals surface area contributed by atoms with Gasteiger partial charge in [0.05, 0.1) is 11.7 Å². The van der Waals surface area contributed by atoms with Gasteiger partial charge in [-0.2, -0.15) is 13.7 Å². The van der Waals surface area contributed by atoms with Gasteiger partial charge in [0.1, 0.15) is 16.9 Å². The van der Waals surface area contributed by atoms with Crippen LogP contribution in [0.1, 0.15) is 35.3 Å². The van der Waals surface area contributed by atoms with Gasteiger partial charge < -0.3 is 15.5 Å². The largest absolute Gasteiger partial charge is 0.356 e. The molecule has 2 N–H and O–H groups in total. The van der Waals surface area contributed by atoms with Crippen LogP contribution in [0.4, 0.5) is 11.8 Å². The number of nitrogens with one attached hydrogen (secondary N) is 2. The maximum absolute atomic E-state index is 12.3. The number of carbonyl (C=O) groups is 1. The summed E-state index contributed by atoms with van der Waals surface area (Å²) in [7, 11) is 0. The molecule has 0 spiro atoms. The summed E-state index contributed by atoms with van der Waals surface area (Å²) in [6.07, 6.45) is 3.71. The van der Waals surface area contributed by atoms with Crippen LogP contribution in [0, 0.1) is 6.92 Å². The molecule has 2 aromatic heterocycles. The predicted octanol–water partition coefficient (Wildman–Crippen LogP) is 2.62. The fraction of sp³-hybridized carbons (Fsp3) is 0.421. The zero-order valence-corrected chi connectivity index (χ0v) is 16.6. The van der Waals surface area contributed by atoms with Crippen LogP contribution in [0.25, 0.3) is 11.0 Å². The average Bonchev–Trinajstić information content (AvgIpc) is 3.19. The van der Waals surface area contributed by atoms with E-state index in [-0.39, 0.29) is 5.91 Å². The quantitative estimate of drug-likeness (QED) is 0.617. The van der Waals surface area contributed by atoms with Gasteiger partial charge in [0, 0.05) is 43.5 Å². The van der Waals surface area contributed by atoms with Gasteiger partial charge in [0.2, 0.25) is 5.95 Å². The van der Waals surface area contributed by atoms with E-state index >= 15 is 0 Å². The number of piperidine rings is 1. The van der Waals surface area contributed by atoms with E-state index in [1.54, 1.807) is 12.1 Å². The fourth-order valence-electron chi connectivity index (χ4n) is 3.29. The summed E-state index contributed by atoms with van der Waals surface area (Å²) >= 11 is 1.15. The molecular formula is C19H23N7OS. The van der Waals surface area contributed by atoms with E-state index in [0.717, 1.165) is 47.4 Å². The highest BCUT2D eigenvalue weighted by atomic mass is 32.1. The number of carbonyl (C=O) groups excluding carboxylic acids is 1. The third-order valence-corrected chi connectivity index (χ3v) is 5.29. The first-order valence-corrected chi connectivity index (χ1v) is 10.3. The van der Waals surface area contributed by atoms with Gasteiger partial charge in [-0.25, -0.2) is 4.98 Å². The van der Waals surface area contributed by atoms with Gasteiger partial charge >= 0.3 is 0 Å². The number of hydrogen-bond donors (Lipinski definition) is 2. The first-order valence-electron chi connectivity index (χ1n) is 9.54. The van der Waals surface area contributed by atoms with Crippen LogP contribution < -0.4 is 15.5 Å². The molecule has 1 aliphatic rings. The summed E-state index contributed by atoms with van der Waals surface area (Å²) in [4.78, 5) is 23.7. The van der Waals surface area contributed by atoms with Crippen molar-refractivity contribution in [2.24, 2.45) is 0 Å². The zero-order valence-electron chi connectivity index (χ0n) is 15.8. The summed E-state index contributed by atoms with van der Waals surface area (Å²) in [6, 6.07) is 7.37. The van der Waals surface area contributed by atoms with E-state index in [1.165, 1.54) is 19.3 Å². The topological polar surface area (TPSA) is 95.9 Å². The van der Waals surface area contributed by atoms with Crippen molar-refractivity contribution in [3.8, 4) is 0 Å². The molecule has 1 aromatic carbocycles. The highest BCUT2D eigenvalue weighted by Crippen LogP contribution is 2.19. The molecule has 146 valence electrons. The highest BCUT2D eigenvalue weighted by molar-refractivity contribution is 7.00. The van der Waals surface area contributed by atoms with Crippen LogP contribution in [0.2, 0.25) is 0 Å². The first-order chi connectivity index (χ1) is 13.7. The molecule has 3 aromatic rings.